The fraction of sp³-hybridized carbons (Fsp3) is 0.316. The third kappa shape index (κ3) is 4.52. The number of guanidine groups is 1. The number of aliphatic imine (C=N–C) groups is 1. The van der Waals surface area contributed by atoms with Gasteiger partial charge in [-0.05, 0) is 44.2 Å². The summed E-state index contributed by atoms with van der Waals surface area (Å²) in [4.78, 5) is 19.9. The zero-order chi connectivity index (χ0) is 25.7. The fourth-order valence-electron chi connectivity index (χ4n) is 3.19. The van der Waals surface area contributed by atoms with Crippen LogP contribution in [0.25, 0.3) is 0 Å². The van der Waals surface area contributed by atoms with Crippen molar-refractivity contribution in [2.45, 2.75) is 25.6 Å². The van der Waals surface area contributed by atoms with E-state index >= 15 is 0 Å². The molecule has 1 aliphatic heterocycles. The Bertz CT molecular complexity index is 1260. The average Bonchev–Trinajstić information content (AvgIpc) is 2.66. The van der Waals surface area contributed by atoms with Crippen LogP contribution in [0.15, 0.2) is 41.5 Å². The highest BCUT2D eigenvalue weighted by Crippen LogP contribution is 2.35. The van der Waals surface area contributed by atoms with Gasteiger partial charge >= 0.3 is 6.18 Å². The molecule has 1 aromatic heterocycles. The summed E-state index contributed by atoms with van der Waals surface area (Å²) in [6, 6.07) is 4.77. The lowest BCUT2D eigenvalue weighted by Gasteiger charge is -2.36. The molecule has 0 bridgehead atoms. The van der Waals surface area contributed by atoms with E-state index in [1.54, 1.807) is 0 Å². The van der Waals surface area contributed by atoms with E-state index in [0.29, 0.717) is 16.6 Å². The molecule has 0 saturated carbocycles. The Morgan fingerprint density at radius 3 is 2.56 bits per heavy atom. The van der Waals surface area contributed by atoms with Gasteiger partial charge in [-0.1, -0.05) is 0 Å². The molecule has 1 amide bonds. The minimum Gasteiger partial charge on any atom is -0.369 e. The zero-order valence-electron chi connectivity index (χ0n) is 18.7. The van der Waals surface area contributed by atoms with Gasteiger partial charge in [0.15, 0.2) is 0 Å². The molecule has 0 radical (unpaired) electrons. The predicted octanol–water partition coefficient (Wildman–Crippen LogP) is 2.69. The fourth-order valence-corrected chi connectivity index (χ4v) is 4.85. The number of anilines is 1. The molecule has 1 aliphatic rings. The Balaban J connectivity index is 1.94. The Labute approximate surface area is 184 Å². The summed E-state index contributed by atoms with van der Waals surface area (Å²) in [5, 5.41) is 2.36. The standard InChI is InChI=1S/C19H19F4N5O3S/c1-3-28-17(24)27-18(2,10-32(28,30)31)13-8-12(5-6-14(13)20)26-16(29)15-7-4-11(9-25-15)19(21,22)23/h4-9H,3,10H2,1-2H3,(H2,24,27)(H,26,29)/t18-/m0/s1/i3D2. The number of nitrogens with two attached hydrogens (primary N) is 1. The maximum atomic E-state index is 14.7. The molecule has 3 rings (SSSR count). The van der Waals surface area contributed by atoms with E-state index in [4.69, 9.17) is 8.48 Å². The number of carbonyl (C=O) groups is 1. The number of hydrogen-bond acceptors (Lipinski definition) is 6. The highest BCUT2D eigenvalue weighted by Gasteiger charge is 2.42. The Morgan fingerprint density at radius 2 is 2.03 bits per heavy atom. The quantitative estimate of drug-likeness (QED) is 0.660. The summed E-state index contributed by atoms with van der Waals surface area (Å²) < 4.78 is 93.9. The van der Waals surface area contributed by atoms with Crippen LogP contribution >= 0.6 is 0 Å². The number of nitrogens with zero attached hydrogens (tertiary/aromatic N) is 3. The Kier molecular flexibility index (Phi) is 5.19. The van der Waals surface area contributed by atoms with Crippen LogP contribution in [0.4, 0.5) is 23.2 Å². The first-order chi connectivity index (χ1) is 15.4. The number of halogens is 4. The van der Waals surface area contributed by atoms with Crippen molar-refractivity contribution < 1.29 is 33.5 Å². The molecule has 0 aliphatic carbocycles. The number of sulfonamides is 1. The van der Waals surface area contributed by atoms with Crippen LogP contribution in [0.3, 0.4) is 0 Å². The van der Waals surface area contributed by atoms with Crippen LogP contribution < -0.4 is 11.1 Å². The van der Waals surface area contributed by atoms with Crippen molar-refractivity contribution in [2.75, 3.05) is 17.6 Å². The molecule has 0 saturated heterocycles. The molecule has 0 unspecified atom stereocenters. The van der Waals surface area contributed by atoms with Gasteiger partial charge in [-0.2, -0.15) is 13.2 Å². The van der Waals surface area contributed by atoms with E-state index in [2.05, 4.69) is 15.3 Å². The second-order valence-corrected chi connectivity index (χ2v) is 8.88. The molecule has 13 heteroatoms. The van der Waals surface area contributed by atoms with Crippen LogP contribution in [0.2, 0.25) is 0 Å². The van der Waals surface area contributed by atoms with Gasteiger partial charge in [-0.3, -0.25) is 9.78 Å². The number of hydrogen-bond donors (Lipinski definition) is 2. The van der Waals surface area contributed by atoms with E-state index in [1.807, 2.05) is 0 Å². The molecule has 2 heterocycles. The lowest BCUT2D eigenvalue weighted by molar-refractivity contribution is -0.137. The van der Waals surface area contributed by atoms with Gasteiger partial charge in [0.2, 0.25) is 16.0 Å². The second-order valence-electron chi connectivity index (χ2n) is 7.07. The number of aromatic nitrogens is 1. The normalized spacial score (nSPS) is 21.9. The third-order valence-corrected chi connectivity index (χ3v) is 6.49. The molecule has 172 valence electrons. The van der Waals surface area contributed by atoms with Gasteiger partial charge < -0.3 is 11.1 Å². The Morgan fingerprint density at radius 1 is 1.34 bits per heavy atom. The average molecular weight is 475 g/mol. The maximum absolute atomic E-state index is 14.7. The maximum Gasteiger partial charge on any atom is 0.417 e. The van der Waals surface area contributed by atoms with Crippen LogP contribution in [0.5, 0.6) is 0 Å². The minimum absolute atomic E-state index is 0.0104. The number of benzene rings is 1. The van der Waals surface area contributed by atoms with Crippen LogP contribution in [-0.4, -0.2) is 41.8 Å². The SMILES string of the molecule is [2H]C([2H])(C)N1C(N)=N[C@](C)(c2cc(NC(=O)c3ccc(C(F)(F)F)cn3)ccc2F)CS1(=O)=O. The van der Waals surface area contributed by atoms with Crippen molar-refractivity contribution in [3.8, 4) is 0 Å². The first-order valence-corrected chi connectivity index (χ1v) is 10.6. The van der Waals surface area contributed by atoms with Crippen LogP contribution in [0.1, 0.15) is 38.2 Å². The highest BCUT2D eigenvalue weighted by atomic mass is 32.2. The first kappa shape index (κ1) is 20.7. The number of alkyl halides is 3. The van der Waals surface area contributed by atoms with Crippen molar-refractivity contribution in [1.82, 2.24) is 9.29 Å². The van der Waals surface area contributed by atoms with Gasteiger partial charge in [-0.15, -0.1) is 0 Å². The molecular formula is C19H19F4N5O3S. The Hall–Kier alpha value is -3.22. The van der Waals surface area contributed by atoms with E-state index in [9.17, 15) is 30.8 Å². The van der Waals surface area contributed by atoms with Crippen molar-refractivity contribution >= 4 is 27.6 Å². The van der Waals surface area contributed by atoms with E-state index in [-0.39, 0.29) is 16.9 Å². The van der Waals surface area contributed by atoms with E-state index in [1.165, 1.54) is 6.92 Å². The number of rotatable bonds is 4. The summed E-state index contributed by atoms with van der Waals surface area (Å²) in [5.41, 5.74) is 2.31. The zero-order valence-corrected chi connectivity index (χ0v) is 17.6. The first-order valence-electron chi connectivity index (χ1n) is 9.97. The van der Waals surface area contributed by atoms with Gasteiger partial charge in [-0.25, -0.2) is 22.1 Å². The topological polar surface area (TPSA) is 118 Å². The summed E-state index contributed by atoms with van der Waals surface area (Å²) in [5.74, 6) is -3.25. The molecule has 32 heavy (non-hydrogen) atoms. The molecule has 1 atom stereocenters. The molecular weight excluding hydrogens is 454 g/mol. The van der Waals surface area contributed by atoms with Crippen LogP contribution in [0, 0.1) is 5.82 Å². The molecule has 3 N–H and O–H groups in total. The summed E-state index contributed by atoms with van der Waals surface area (Å²) >= 11 is 0. The smallest absolute Gasteiger partial charge is 0.369 e. The van der Waals surface area contributed by atoms with Crippen molar-refractivity contribution in [2.24, 2.45) is 10.7 Å². The third-order valence-electron chi connectivity index (χ3n) is 4.64. The van der Waals surface area contributed by atoms with E-state index in [0.717, 1.165) is 31.2 Å². The second kappa shape index (κ2) is 8.04. The highest BCUT2D eigenvalue weighted by molar-refractivity contribution is 7.89. The minimum atomic E-state index is -4.63. The number of amides is 1. The molecule has 8 nitrogen and oxygen atoms in total. The van der Waals surface area contributed by atoms with E-state index < -0.39 is 57.2 Å². The monoisotopic (exact) mass is 475 g/mol. The van der Waals surface area contributed by atoms with Crippen molar-refractivity contribution in [3.63, 3.8) is 0 Å². The summed E-state index contributed by atoms with van der Waals surface area (Å²) in [6.07, 6.45) is -4.13. The number of nitrogens with one attached hydrogen (secondary N) is 1. The summed E-state index contributed by atoms with van der Waals surface area (Å²) in [6.45, 7) is -0.139. The molecule has 0 spiro atoms. The number of pyridine rings is 1. The van der Waals surface area contributed by atoms with Gasteiger partial charge in [0, 0.05) is 23.9 Å². The largest absolute Gasteiger partial charge is 0.417 e. The molecule has 1 aromatic carbocycles. The predicted molar refractivity (Wildman–Crippen MR) is 109 cm³/mol. The van der Waals surface area contributed by atoms with Crippen LogP contribution in [-0.2, 0) is 21.7 Å². The molecule has 2 aromatic rings. The van der Waals surface area contributed by atoms with Gasteiger partial charge in [0.05, 0.1) is 14.1 Å². The van der Waals surface area contributed by atoms with Crippen molar-refractivity contribution in [1.29, 1.82) is 0 Å². The van der Waals surface area contributed by atoms with Crippen molar-refractivity contribution in [3.05, 3.63) is 59.2 Å². The lowest BCUT2D eigenvalue weighted by Crippen LogP contribution is -2.52. The lowest BCUT2D eigenvalue weighted by atomic mass is 9.93. The molecule has 0 fully saturated rings. The van der Waals surface area contributed by atoms with Gasteiger partial charge in [0.25, 0.3) is 5.91 Å². The van der Waals surface area contributed by atoms with Gasteiger partial charge in [0.1, 0.15) is 17.1 Å². The number of carbonyl (C=O) groups excluding carboxylic acids is 1. The summed E-state index contributed by atoms with van der Waals surface area (Å²) in [7, 11) is -4.35.